The van der Waals surface area contributed by atoms with Crippen molar-refractivity contribution in [3.8, 4) is 0 Å². The molecule has 0 aliphatic carbocycles. The number of amides is 3. The summed E-state index contributed by atoms with van der Waals surface area (Å²) in [6, 6.07) is 1.10. The van der Waals surface area contributed by atoms with Crippen molar-refractivity contribution < 1.29 is 14.4 Å². The fourth-order valence-electron chi connectivity index (χ4n) is 3.41. The molecule has 3 rings (SSSR count). The van der Waals surface area contributed by atoms with Crippen LogP contribution in [-0.2, 0) is 9.59 Å². The topological polar surface area (TPSA) is 86.7 Å². The highest BCUT2D eigenvalue weighted by Gasteiger charge is 2.41. The Morgan fingerprint density at radius 3 is 2.76 bits per heavy atom. The second kappa shape index (κ2) is 7.16. The molecule has 8 nitrogen and oxygen atoms in total. The van der Waals surface area contributed by atoms with Gasteiger partial charge in [-0.05, 0) is 18.4 Å². The zero-order valence-corrected chi connectivity index (χ0v) is 14.6. The molecule has 1 unspecified atom stereocenters. The van der Waals surface area contributed by atoms with Gasteiger partial charge in [0, 0.05) is 32.4 Å². The van der Waals surface area contributed by atoms with Crippen molar-refractivity contribution >= 4 is 17.7 Å². The fraction of sp³-hybridized carbons (Fsp3) is 0.588. The van der Waals surface area contributed by atoms with E-state index in [1.165, 1.54) is 12.5 Å². The van der Waals surface area contributed by atoms with Gasteiger partial charge >= 0.3 is 0 Å². The molecule has 0 spiro atoms. The van der Waals surface area contributed by atoms with Gasteiger partial charge in [-0.2, -0.15) is 0 Å². The number of aromatic nitrogens is 2. The lowest BCUT2D eigenvalue weighted by Gasteiger charge is -2.39. The summed E-state index contributed by atoms with van der Waals surface area (Å²) in [4.78, 5) is 50.5. The van der Waals surface area contributed by atoms with E-state index in [4.69, 9.17) is 0 Å². The van der Waals surface area contributed by atoms with Crippen LogP contribution < -0.4 is 0 Å². The summed E-state index contributed by atoms with van der Waals surface area (Å²) in [6.07, 6.45) is 3.32. The largest absolute Gasteiger partial charge is 0.335 e. The Morgan fingerprint density at radius 1 is 1.28 bits per heavy atom. The van der Waals surface area contributed by atoms with Crippen LogP contribution in [0.25, 0.3) is 0 Å². The van der Waals surface area contributed by atoms with Gasteiger partial charge in [0.05, 0.1) is 6.54 Å². The van der Waals surface area contributed by atoms with E-state index in [1.54, 1.807) is 20.8 Å². The van der Waals surface area contributed by atoms with Crippen LogP contribution in [0.4, 0.5) is 0 Å². The Hall–Kier alpha value is -2.51. The van der Waals surface area contributed by atoms with Gasteiger partial charge in [-0.1, -0.05) is 13.8 Å². The number of piperazine rings is 1. The second-order valence-electron chi connectivity index (χ2n) is 6.89. The number of carbonyl (C=O) groups is 3. The summed E-state index contributed by atoms with van der Waals surface area (Å²) < 4.78 is 0. The van der Waals surface area contributed by atoms with E-state index in [-0.39, 0.29) is 24.3 Å². The molecular formula is C17H23N5O3. The monoisotopic (exact) mass is 345 g/mol. The predicted octanol–water partition coefficient (Wildman–Crippen LogP) is 0.0179. The van der Waals surface area contributed by atoms with E-state index >= 15 is 0 Å². The molecule has 0 N–H and O–H groups in total. The number of rotatable bonds is 3. The highest BCUT2D eigenvalue weighted by molar-refractivity contribution is 5.95. The quantitative estimate of drug-likeness (QED) is 0.771. The smallest absolute Gasteiger partial charge is 0.272 e. The van der Waals surface area contributed by atoms with Crippen molar-refractivity contribution in [1.82, 2.24) is 24.7 Å². The molecule has 3 amide bonds. The summed E-state index contributed by atoms with van der Waals surface area (Å²) >= 11 is 0. The van der Waals surface area contributed by atoms with Gasteiger partial charge < -0.3 is 14.7 Å². The summed E-state index contributed by atoms with van der Waals surface area (Å²) in [5.41, 5.74) is 0.328. The van der Waals surface area contributed by atoms with E-state index in [2.05, 4.69) is 9.97 Å². The van der Waals surface area contributed by atoms with Gasteiger partial charge in [0.1, 0.15) is 18.1 Å². The minimum absolute atomic E-state index is 0.00960. The van der Waals surface area contributed by atoms with E-state index in [9.17, 15) is 14.4 Å². The summed E-state index contributed by atoms with van der Waals surface area (Å²) in [5.74, 6) is 0.0670. The van der Waals surface area contributed by atoms with Crippen molar-refractivity contribution in [3.63, 3.8) is 0 Å². The van der Waals surface area contributed by atoms with E-state index in [1.807, 2.05) is 13.8 Å². The van der Waals surface area contributed by atoms with Gasteiger partial charge in [0.15, 0.2) is 0 Å². The molecule has 2 aliphatic heterocycles. The number of hydrogen-bond acceptors (Lipinski definition) is 5. The van der Waals surface area contributed by atoms with Gasteiger partial charge in [0.2, 0.25) is 11.8 Å². The molecule has 1 aromatic heterocycles. The highest BCUT2D eigenvalue weighted by Crippen LogP contribution is 2.20. The molecule has 0 radical (unpaired) electrons. The molecule has 8 heteroatoms. The van der Waals surface area contributed by atoms with E-state index in [0.717, 1.165) is 0 Å². The maximum atomic E-state index is 12.7. The standard InChI is InChI=1S/C17H23N5O3/c1-12(2)9-21-10-15(23)22-8-7-20(6-4-14(22)17(21)25)16(24)13-3-5-18-11-19-13/h3,5,11-12,14H,4,6-10H2,1-2H3. The highest BCUT2D eigenvalue weighted by atomic mass is 16.2. The van der Waals surface area contributed by atoms with Gasteiger partial charge in [-0.3, -0.25) is 14.4 Å². The van der Waals surface area contributed by atoms with Crippen LogP contribution in [-0.4, -0.2) is 81.2 Å². The first-order valence-electron chi connectivity index (χ1n) is 8.61. The molecule has 0 bridgehead atoms. The fourth-order valence-corrected chi connectivity index (χ4v) is 3.41. The maximum absolute atomic E-state index is 12.7. The first kappa shape index (κ1) is 17.3. The normalized spacial score (nSPS) is 21.4. The molecular weight excluding hydrogens is 322 g/mol. The van der Waals surface area contributed by atoms with Gasteiger partial charge in [-0.25, -0.2) is 9.97 Å². The average molecular weight is 345 g/mol. The van der Waals surface area contributed by atoms with Crippen LogP contribution in [0, 0.1) is 5.92 Å². The van der Waals surface area contributed by atoms with Crippen LogP contribution in [0.2, 0.25) is 0 Å². The molecule has 25 heavy (non-hydrogen) atoms. The third-order valence-corrected chi connectivity index (χ3v) is 4.58. The summed E-state index contributed by atoms with van der Waals surface area (Å²) in [5, 5.41) is 0. The Labute approximate surface area is 146 Å². The van der Waals surface area contributed by atoms with Crippen LogP contribution in [0.1, 0.15) is 30.8 Å². The molecule has 1 atom stereocenters. The number of carbonyl (C=O) groups excluding carboxylic acids is 3. The summed E-state index contributed by atoms with van der Waals surface area (Å²) in [6.45, 7) is 5.98. The van der Waals surface area contributed by atoms with Crippen LogP contribution in [0.3, 0.4) is 0 Å². The Bertz CT molecular complexity index is 664. The van der Waals surface area contributed by atoms with Gasteiger partial charge in [0.25, 0.3) is 5.91 Å². The molecule has 2 aliphatic rings. The zero-order valence-electron chi connectivity index (χ0n) is 14.6. The van der Waals surface area contributed by atoms with E-state index in [0.29, 0.717) is 44.2 Å². The lowest BCUT2D eigenvalue weighted by Crippen LogP contribution is -2.60. The predicted molar refractivity (Wildman–Crippen MR) is 89.5 cm³/mol. The van der Waals surface area contributed by atoms with Crippen molar-refractivity contribution in [2.24, 2.45) is 5.92 Å². The van der Waals surface area contributed by atoms with Crippen LogP contribution >= 0.6 is 0 Å². The minimum atomic E-state index is -0.469. The number of fused-ring (bicyclic) bond motifs is 1. The average Bonchev–Trinajstić information content (AvgIpc) is 2.83. The lowest BCUT2D eigenvalue weighted by molar-refractivity contribution is -0.156. The lowest BCUT2D eigenvalue weighted by atomic mass is 10.1. The van der Waals surface area contributed by atoms with Gasteiger partial charge in [-0.15, -0.1) is 0 Å². The molecule has 0 saturated carbocycles. The third kappa shape index (κ3) is 3.62. The van der Waals surface area contributed by atoms with Crippen LogP contribution in [0.5, 0.6) is 0 Å². The molecule has 2 fully saturated rings. The SMILES string of the molecule is CC(C)CN1CC(=O)N2CCN(C(=O)c3ccncn3)CCC2C1=O. The van der Waals surface area contributed by atoms with Crippen molar-refractivity contribution in [3.05, 3.63) is 24.3 Å². The molecule has 3 heterocycles. The first-order chi connectivity index (χ1) is 12.0. The first-order valence-corrected chi connectivity index (χ1v) is 8.61. The Balaban J connectivity index is 1.73. The molecule has 134 valence electrons. The third-order valence-electron chi connectivity index (χ3n) is 4.58. The summed E-state index contributed by atoms with van der Waals surface area (Å²) in [7, 11) is 0. The number of nitrogens with zero attached hydrogens (tertiary/aromatic N) is 5. The maximum Gasteiger partial charge on any atom is 0.272 e. The molecule has 1 aromatic rings. The Kier molecular flexibility index (Phi) is 4.96. The van der Waals surface area contributed by atoms with E-state index < -0.39 is 6.04 Å². The molecule has 2 saturated heterocycles. The second-order valence-corrected chi connectivity index (χ2v) is 6.89. The van der Waals surface area contributed by atoms with Crippen molar-refractivity contribution in [2.75, 3.05) is 32.7 Å². The number of hydrogen-bond donors (Lipinski definition) is 0. The molecule has 0 aromatic carbocycles. The zero-order chi connectivity index (χ0) is 18.0. The Morgan fingerprint density at radius 2 is 2.08 bits per heavy atom. The van der Waals surface area contributed by atoms with Crippen molar-refractivity contribution in [2.45, 2.75) is 26.3 Å². The minimum Gasteiger partial charge on any atom is -0.335 e. The van der Waals surface area contributed by atoms with Crippen LogP contribution in [0.15, 0.2) is 18.6 Å². The van der Waals surface area contributed by atoms with Crippen molar-refractivity contribution in [1.29, 1.82) is 0 Å².